The highest BCUT2D eigenvalue weighted by Crippen LogP contribution is 2.22. The predicted octanol–water partition coefficient (Wildman–Crippen LogP) is 1.46. The SMILES string of the molecule is Nc1cc(-c2cccs2)nn(CC(=O)NCc2ccco2)c1=O. The molecule has 0 aromatic carbocycles. The second-order valence-corrected chi connectivity index (χ2v) is 5.73. The molecule has 1 amide bonds. The van der Waals surface area contributed by atoms with Crippen LogP contribution in [-0.4, -0.2) is 15.7 Å². The molecular formula is C15H14N4O3S. The van der Waals surface area contributed by atoms with Crippen molar-refractivity contribution < 1.29 is 9.21 Å². The third kappa shape index (κ3) is 3.49. The van der Waals surface area contributed by atoms with E-state index in [0.29, 0.717) is 11.5 Å². The van der Waals surface area contributed by atoms with E-state index >= 15 is 0 Å². The Bertz CT molecular complexity index is 853. The monoisotopic (exact) mass is 330 g/mol. The summed E-state index contributed by atoms with van der Waals surface area (Å²) < 4.78 is 6.20. The summed E-state index contributed by atoms with van der Waals surface area (Å²) in [4.78, 5) is 24.9. The molecule has 0 bridgehead atoms. The van der Waals surface area contributed by atoms with Gasteiger partial charge in [0.2, 0.25) is 5.91 Å². The number of carbonyl (C=O) groups is 1. The molecule has 7 nitrogen and oxygen atoms in total. The second-order valence-electron chi connectivity index (χ2n) is 4.78. The third-order valence-corrected chi connectivity index (χ3v) is 4.00. The van der Waals surface area contributed by atoms with Crippen molar-refractivity contribution >= 4 is 22.9 Å². The summed E-state index contributed by atoms with van der Waals surface area (Å²) in [6.07, 6.45) is 1.53. The molecule has 0 aliphatic rings. The van der Waals surface area contributed by atoms with Gasteiger partial charge in [0.1, 0.15) is 23.7 Å². The summed E-state index contributed by atoms with van der Waals surface area (Å²) in [5.74, 6) is 0.282. The summed E-state index contributed by atoms with van der Waals surface area (Å²) in [6.45, 7) is 0.0453. The molecule has 3 N–H and O–H groups in total. The number of nitrogens with zero attached hydrogens (tertiary/aromatic N) is 2. The molecule has 3 rings (SSSR count). The Hall–Kier alpha value is -2.87. The number of nitrogen functional groups attached to an aromatic ring is 1. The van der Waals surface area contributed by atoms with Crippen LogP contribution in [0.25, 0.3) is 10.6 Å². The van der Waals surface area contributed by atoms with Crippen molar-refractivity contribution in [3.8, 4) is 10.6 Å². The molecule has 0 saturated heterocycles. The molecule has 0 unspecified atom stereocenters. The largest absolute Gasteiger partial charge is 0.467 e. The quantitative estimate of drug-likeness (QED) is 0.737. The number of nitrogens with one attached hydrogen (secondary N) is 1. The molecule has 0 spiro atoms. The molecule has 0 radical (unpaired) electrons. The van der Waals surface area contributed by atoms with Crippen LogP contribution in [0.4, 0.5) is 5.69 Å². The van der Waals surface area contributed by atoms with Crippen LogP contribution < -0.4 is 16.6 Å². The molecule has 0 fully saturated rings. The molecule has 0 atom stereocenters. The lowest BCUT2D eigenvalue weighted by atomic mass is 10.3. The molecular weight excluding hydrogens is 316 g/mol. The van der Waals surface area contributed by atoms with Gasteiger partial charge in [-0.1, -0.05) is 6.07 Å². The molecule has 0 aliphatic carbocycles. The zero-order chi connectivity index (χ0) is 16.2. The van der Waals surface area contributed by atoms with Crippen LogP contribution in [0, 0.1) is 0 Å². The molecule has 8 heteroatoms. The molecule has 0 saturated carbocycles. The Kier molecular flexibility index (Phi) is 4.24. The maximum Gasteiger partial charge on any atom is 0.290 e. The number of carbonyl (C=O) groups excluding carboxylic acids is 1. The number of rotatable bonds is 5. The van der Waals surface area contributed by atoms with Crippen LogP contribution >= 0.6 is 11.3 Å². The first kappa shape index (κ1) is 15.0. The molecule has 3 aromatic heterocycles. The fraction of sp³-hybridized carbons (Fsp3) is 0.133. The maximum atomic E-state index is 12.0. The summed E-state index contributed by atoms with van der Waals surface area (Å²) in [5, 5.41) is 8.78. The van der Waals surface area contributed by atoms with Crippen molar-refractivity contribution in [3.63, 3.8) is 0 Å². The smallest absolute Gasteiger partial charge is 0.290 e. The molecule has 23 heavy (non-hydrogen) atoms. The topological polar surface area (TPSA) is 103 Å². The van der Waals surface area contributed by atoms with E-state index in [0.717, 1.165) is 9.56 Å². The lowest BCUT2D eigenvalue weighted by Crippen LogP contribution is -2.34. The normalized spacial score (nSPS) is 10.6. The molecule has 118 valence electrons. The lowest BCUT2D eigenvalue weighted by Gasteiger charge is -2.08. The van der Waals surface area contributed by atoms with Crippen LogP contribution in [0.3, 0.4) is 0 Å². The second kappa shape index (κ2) is 6.49. The zero-order valence-corrected chi connectivity index (χ0v) is 12.9. The number of furan rings is 1. The summed E-state index contributed by atoms with van der Waals surface area (Å²) in [6, 6.07) is 8.76. The van der Waals surface area contributed by atoms with E-state index in [9.17, 15) is 9.59 Å². The summed E-state index contributed by atoms with van der Waals surface area (Å²) in [7, 11) is 0. The number of nitrogens with two attached hydrogens (primary N) is 1. The Labute approximate surface area is 135 Å². The molecule has 3 aromatic rings. The Morgan fingerprint density at radius 3 is 2.96 bits per heavy atom. The van der Waals surface area contributed by atoms with Gasteiger partial charge < -0.3 is 15.5 Å². The van der Waals surface area contributed by atoms with Crippen molar-refractivity contribution in [1.82, 2.24) is 15.1 Å². The van der Waals surface area contributed by atoms with Crippen LogP contribution in [0.1, 0.15) is 5.76 Å². The van der Waals surface area contributed by atoms with Crippen molar-refractivity contribution in [2.75, 3.05) is 5.73 Å². The highest BCUT2D eigenvalue weighted by atomic mass is 32.1. The van der Waals surface area contributed by atoms with Gasteiger partial charge in [-0.2, -0.15) is 5.10 Å². The van der Waals surface area contributed by atoms with Crippen LogP contribution in [-0.2, 0) is 17.9 Å². The first-order valence-electron chi connectivity index (χ1n) is 6.84. The number of amides is 1. The van der Waals surface area contributed by atoms with E-state index in [1.807, 2.05) is 17.5 Å². The van der Waals surface area contributed by atoms with Gasteiger partial charge in [0.05, 0.1) is 17.7 Å². The van der Waals surface area contributed by atoms with E-state index < -0.39 is 5.56 Å². The van der Waals surface area contributed by atoms with E-state index in [2.05, 4.69) is 10.4 Å². The molecule has 0 aliphatic heterocycles. The van der Waals surface area contributed by atoms with Gasteiger partial charge in [-0.15, -0.1) is 11.3 Å². The first-order valence-corrected chi connectivity index (χ1v) is 7.72. The Balaban J connectivity index is 1.76. The highest BCUT2D eigenvalue weighted by Gasteiger charge is 2.12. The minimum atomic E-state index is -0.488. The zero-order valence-electron chi connectivity index (χ0n) is 12.1. The number of hydrogen-bond donors (Lipinski definition) is 2. The van der Waals surface area contributed by atoms with Crippen molar-refractivity contribution in [1.29, 1.82) is 0 Å². The van der Waals surface area contributed by atoms with Crippen LogP contribution in [0.2, 0.25) is 0 Å². The Morgan fingerprint density at radius 1 is 1.39 bits per heavy atom. The summed E-state index contributed by atoms with van der Waals surface area (Å²) in [5.41, 5.74) is 5.87. The van der Waals surface area contributed by atoms with Crippen molar-refractivity contribution in [2.24, 2.45) is 0 Å². The van der Waals surface area contributed by atoms with Gasteiger partial charge in [-0.05, 0) is 29.6 Å². The van der Waals surface area contributed by atoms with Gasteiger partial charge >= 0.3 is 0 Å². The number of thiophene rings is 1. The average Bonchev–Trinajstić information content (AvgIpc) is 3.22. The number of hydrogen-bond acceptors (Lipinski definition) is 6. The average molecular weight is 330 g/mol. The van der Waals surface area contributed by atoms with Gasteiger partial charge in [0.25, 0.3) is 5.56 Å². The van der Waals surface area contributed by atoms with Gasteiger partial charge in [0.15, 0.2) is 0 Å². The third-order valence-electron chi connectivity index (χ3n) is 3.11. The first-order chi connectivity index (χ1) is 11.1. The van der Waals surface area contributed by atoms with Crippen LogP contribution in [0.5, 0.6) is 0 Å². The van der Waals surface area contributed by atoms with E-state index in [1.54, 1.807) is 12.1 Å². The lowest BCUT2D eigenvalue weighted by molar-refractivity contribution is -0.122. The fourth-order valence-corrected chi connectivity index (χ4v) is 2.69. The van der Waals surface area contributed by atoms with Crippen LogP contribution in [0.15, 0.2) is 51.2 Å². The predicted molar refractivity (Wildman–Crippen MR) is 86.8 cm³/mol. The minimum absolute atomic E-state index is 0.0576. The van der Waals surface area contributed by atoms with Crippen molar-refractivity contribution in [3.05, 3.63) is 58.1 Å². The van der Waals surface area contributed by atoms with Gasteiger partial charge in [-0.25, -0.2) is 4.68 Å². The minimum Gasteiger partial charge on any atom is -0.467 e. The highest BCUT2D eigenvalue weighted by molar-refractivity contribution is 7.13. The number of anilines is 1. The van der Waals surface area contributed by atoms with Crippen molar-refractivity contribution in [2.45, 2.75) is 13.1 Å². The number of aromatic nitrogens is 2. The molecule has 3 heterocycles. The van der Waals surface area contributed by atoms with Gasteiger partial charge in [0, 0.05) is 0 Å². The standard InChI is InChI=1S/C15H14N4O3S/c16-11-7-12(13-4-2-6-23-13)18-19(15(11)21)9-14(20)17-8-10-3-1-5-22-10/h1-7H,8-9,16H2,(H,17,20). The fourth-order valence-electron chi connectivity index (χ4n) is 2.01. The summed E-state index contributed by atoms with van der Waals surface area (Å²) >= 11 is 1.48. The maximum absolute atomic E-state index is 12.0. The van der Waals surface area contributed by atoms with E-state index in [1.165, 1.54) is 23.7 Å². The van der Waals surface area contributed by atoms with E-state index in [4.69, 9.17) is 10.2 Å². The van der Waals surface area contributed by atoms with E-state index in [-0.39, 0.29) is 24.7 Å². The van der Waals surface area contributed by atoms with Gasteiger partial charge in [-0.3, -0.25) is 9.59 Å². The Morgan fingerprint density at radius 2 is 2.26 bits per heavy atom.